The minimum atomic E-state index is -0.276. The smallest absolute Gasteiger partial charge is 0.261 e. The van der Waals surface area contributed by atoms with Gasteiger partial charge in [0, 0.05) is 11.8 Å². The van der Waals surface area contributed by atoms with Crippen LogP contribution >= 0.6 is 11.3 Å². The van der Waals surface area contributed by atoms with Crippen molar-refractivity contribution in [2.75, 3.05) is 12.4 Å². The predicted octanol–water partition coefficient (Wildman–Crippen LogP) is 5.41. The number of amides is 1. The maximum absolute atomic E-state index is 13.3. The van der Waals surface area contributed by atoms with Gasteiger partial charge in [0.25, 0.3) is 5.91 Å². The molecular formula is C24H18N4O2S. The van der Waals surface area contributed by atoms with Crippen molar-refractivity contribution in [3.63, 3.8) is 0 Å². The molecular weight excluding hydrogens is 408 g/mol. The van der Waals surface area contributed by atoms with E-state index in [0.29, 0.717) is 22.1 Å². The number of fused-ring (bicyclic) bond motifs is 1. The fourth-order valence-corrected chi connectivity index (χ4v) is 4.24. The summed E-state index contributed by atoms with van der Waals surface area (Å²) in [5.74, 6) is 0.372. The zero-order valence-electron chi connectivity index (χ0n) is 16.6. The van der Waals surface area contributed by atoms with Gasteiger partial charge in [-0.2, -0.15) is 5.10 Å². The number of benzene rings is 3. The van der Waals surface area contributed by atoms with Gasteiger partial charge in [0.15, 0.2) is 5.13 Å². The molecule has 5 aromatic rings. The lowest BCUT2D eigenvalue weighted by atomic mass is 10.1. The molecule has 0 radical (unpaired) electrons. The van der Waals surface area contributed by atoms with E-state index in [0.717, 1.165) is 21.5 Å². The number of nitrogens with one attached hydrogen (secondary N) is 1. The van der Waals surface area contributed by atoms with Crippen LogP contribution in [0, 0.1) is 0 Å². The molecule has 5 rings (SSSR count). The molecule has 0 atom stereocenters. The maximum Gasteiger partial charge on any atom is 0.261 e. The highest BCUT2D eigenvalue weighted by atomic mass is 32.1. The van der Waals surface area contributed by atoms with Crippen molar-refractivity contribution in [3.8, 4) is 22.7 Å². The Balaban J connectivity index is 1.58. The van der Waals surface area contributed by atoms with E-state index in [9.17, 15) is 4.79 Å². The van der Waals surface area contributed by atoms with Crippen LogP contribution in [0.25, 0.3) is 27.2 Å². The number of anilines is 1. The van der Waals surface area contributed by atoms with Crippen LogP contribution in [0.15, 0.2) is 85.1 Å². The van der Waals surface area contributed by atoms with Crippen molar-refractivity contribution in [2.24, 2.45) is 0 Å². The fourth-order valence-electron chi connectivity index (χ4n) is 3.38. The third kappa shape index (κ3) is 3.67. The van der Waals surface area contributed by atoms with Crippen molar-refractivity contribution in [1.29, 1.82) is 0 Å². The molecule has 0 aliphatic rings. The highest BCUT2D eigenvalue weighted by molar-refractivity contribution is 7.22. The lowest BCUT2D eigenvalue weighted by Gasteiger charge is -2.07. The Morgan fingerprint density at radius 2 is 1.71 bits per heavy atom. The summed E-state index contributed by atoms with van der Waals surface area (Å²) in [6.07, 6.45) is 1.74. The van der Waals surface area contributed by atoms with E-state index < -0.39 is 0 Å². The number of thiazole rings is 1. The molecule has 0 aliphatic carbocycles. The third-order valence-corrected chi connectivity index (χ3v) is 5.81. The van der Waals surface area contributed by atoms with E-state index in [2.05, 4.69) is 10.3 Å². The van der Waals surface area contributed by atoms with E-state index in [1.807, 2.05) is 78.9 Å². The summed E-state index contributed by atoms with van der Waals surface area (Å²) in [6, 6.07) is 25.0. The molecule has 0 saturated carbocycles. The molecule has 2 heterocycles. The Labute approximate surface area is 182 Å². The third-order valence-electron chi connectivity index (χ3n) is 4.86. The van der Waals surface area contributed by atoms with Crippen molar-refractivity contribution in [3.05, 3.63) is 90.6 Å². The average molecular weight is 427 g/mol. The van der Waals surface area contributed by atoms with Crippen LogP contribution < -0.4 is 10.1 Å². The highest BCUT2D eigenvalue weighted by Crippen LogP contribution is 2.33. The molecule has 7 heteroatoms. The number of hydrogen-bond donors (Lipinski definition) is 1. The number of hydrogen-bond acceptors (Lipinski definition) is 5. The molecule has 152 valence electrons. The van der Waals surface area contributed by atoms with E-state index in [-0.39, 0.29) is 5.91 Å². The SMILES string of the molecule is COc1ccccc1-c1nn(-c2ccccc2)cc1C(=O)Nc1nc2ccccc2s1. The van der Waals surface area contributed by atoms with Crippen molar-refractivity contribution in [1.82, 2.24) is 14.8 Å². The number of carbonyl (C=O) groups is 1. The minimum Gasteiger partial charge on any atom is -0.496 e. The molecule has 0 unspecified atom stereocenters. The quantitative estimate of drug-likeness (QED) is 0.408. The topological polar surface area (TPSA) is 69.0 Å². The second-order valence-corrected chi connectivity index (χ2v) is 7.84. The molecule has 31 heavy (non-hydrogen) atoms. The second-order valence-electron chi connectivity index (χ2n) is 6.81. The van der Waals surface area contributed by atoms with Crippen molar-refractivity contribution < 1.29 is 9.53 Å². The normalized spacial score (nSPS) is 10.9. The summed E-state index contributed by atoms with van der Waals surface area (Å²) in [5.41, 5.74) is 3.44. The first-order valence-corrected chi connectivity index (χ1v) is 10.5. The fraction of sp³-hybridized carbons (Fsp3) is 0.0417. The monoisotopic (exact) mass is 426 g/mol. The van der Waals surface area contributed by atoms with Gasteiger partial charge in [0.1, 0.15) is 11.4 Å². The zero-order chi connectivity index (χ0) is 21.2. The second kappa shape index (κ2) is 8.04. The number of rotatable bonds is 5. The summed E-state index contributed by atoms with van der Waals surface area (Å²) < 4.78 is 8.24. The van der Waals surface area contributed by atoms with Gasteiger partial charge in [-0.1, -0.05) is 53.8 Å². The summed E-state index contributed by atoms with van der Waals surface area (Å²) in [7, 11) is 1.61. The Hall–Kier alpha value is -3.97. The van der Waals surface area contributed by atoms with Gasteiger partial charge in [-0.05, 0) is 36.4 Å². The Kier molecular flexibility index (Phi) is 4.93. The van der Waals surface area contributed by atoms with Gasteiger partial charge in [-0.15, -0.1) is 0 Å². The Morgan fingerprint density at radius 1 is 0.968 bits per heavy atom. The van der Waals surface area contributed by atoms with Gasteiger partial charge in [0.2, 0.25) is 0 Å². The molecule has 1 N–H and O–H groups in total. The van der Waals surface area contributed by atoms with Gasteiger partial charge >= 0.3 is 0 Å². The zero-order valence-corrected chi connectivity index (χ0v) is 17.5. The van der Waals surface area contributed by atoms with Crippen LogP contribution in [0.3, 0.4) is 0 Å². The molecule has 0 aliphatic heterocycles. The van der Waals surface area contributed by atoms with Crippen molar-refractivity contribution >= 4 is 32.6 Å². The lowest BCUT2D eigenvalue weighted by molar-refractivity contribution is 0.102. The predicted molar refractivity (Wildman–Crippen MR) is 123 cm³/mol. The standard InChI is InChI=1S/C24H18N4O2S/c1-30-20-13-7-5-11-17(20)22-18(15-28(27-22)16-9-3-2-4-10-16)23(29)26-24-25-19-12-6-8-14-21(19)31-24/h2-15H,1H3,(H,25,26,29). The van der Waals surface area contributed by atoms with E-state index in [1.165, 1.54) is 11.3 Å². The van der Waals surface area contributed by atoms with Crippen LogP contribution in [-0.2, 0) is 0 Å². The molecule has 0 saturated heterocycles. The van der Waals surface area contributed by atoms with Crippen LogP contribution in [-0.4, -0.2) is 27.8 Å². The summed E-state index contributed by atoms with van der Waals surface area (Å²) in [6.45, 7) is 0. The number of aromatic nitrogens is 3. The Morgan fingerprint density at radius 3 is 2.52 bits per heavy atom. The van der Waals surface area contributed by atoms with Crippen LogP contribution in [0.1, 0.15) is 10.4 Å². The van der Waals surface area contributed by atoms with Crippen LogP contribution in [0.5, 0.6) is 5.75 Å². The molecule has 6 nitrogen and oxygen atoms in total. The molecule has 3 aromatic carbocycles. The average Bonchev–Trinajstić information content (AvgIpc) is 3.43. The highest BCUT2D eigenvalue weighted by Gasteiger charge is 2.22. The molecule has 0 bridgehead atoms. The molecule has 0 spiro atoms. The minimum absolute atomic E-state index is 0.276. The van der Waals surface area contributed by atoms with Gasteiger partial charge in [-0.25, -0.2) is 9.67 Å². The molecule has 1 amide bonds. The summed E-state index contributed by atoms with van der Waals surface area (Å²) >= 11 is 1.44. The number of nitrogens with zero attached hydrogens (tertiary/aromatic N) is 3. The van der Waals surface area contributed by atoms with Gasteiger partial charge in [0.05, 0.1) is 28.6 Å². The van der Waals surface area contributed by atoms with E-state index in [1.54, 1.807) is 18.0 Å². The maximum atomic E-state index is 13.3. The summed E-state index contributed by atoms with van der Waals surface area (Å²) in [4.78, 5) is 17.8. The van der Waals surface area contributed by atoms with E-state index >= 15 is 0 Å². The first kappa shape index (κ1) is 19.0. The van der Waals surface area contributed by atoms with Crippen molar-refractivity contribution in [2.45, 2.75) is 0 Å². The number of carbonyl (C=O) groups excluding carboxylic acids is 1. The van der Waals surface area contributed by atoms with E-state index in [4.69, 9.17) is 9.84 Å². The largest absolute Gasteiger partial charge is 0.496 e. The Bertz CT molecular complexity index is 1340. The van der Waals surface area contributed by atoms with Gasteiger partial charge < -0.3 is 4.74 Å². The first-order valence-electron chi connectivity index (χ1n) is 9.68. The lowest BCUT2D eigenvalue weighted by Crippen LogP contribution is -2.12. The summed E-state index contributed by atoms with van der Waals surface area (Å²) in [5, 5.41) is 8.20. The number of methoxy groups -OCH3 is 1. The number of ether oxygens (including phenoxy) is 1. The van der Waals surface area contributed by atoms with Gasteiger partial charge in [-0.3, -0.25) is 10.1 Å². The molecule has 2 aromatic heterocycles. The molecule has 0 fully saturated rings. The van der Waals surface area contributed by atoms with Crippen LogP contribution in [0.4, 0.5) is 5.13 Å². The van der Waals surface area contributed by atoms with Crippen LogP contribution in [0.2, 0.25) is 0 Å². The number of para-hydroxylation sites is 3. The first-order chi connectivity index (χ1) is 15.2.